The fourth-order valence-corrected chi connectivity index (χ4v) is 9.02. The summed E-state index contributed by atoms with van der Waals surface area (Å²) in [7, 11) is 0. The number of carbonyl (C=O) groups is 2. The van der Waals surface area contributed by atoms with Crippen LogP contribution in [0, 0.1) is 11.3 Å². The number of rotatable bonds is 4. The van der Waals surface area contributed by atoms with Crippen LogP contribution in [0.25, 0.3) is 11.1 Å². The van der Waals surface area contributed by atoms with Gasteiger partial charge in [-0.05, 0) is 51.8 Å². The van der Waals surface area contributed by atoms with E-state index in [9.17, 15) is 14.7 Å². The molecule has 1 aliphatic heterocycles. The molecular formula is C36H31NO4. The maximum atomic E-state index is 13.8. The highest BCUT2D eigenvalue weighted by atomic mass is 16.6. The molecule has 1 N–H and O–H groups in total. The van der Waals surface area contributed by atoms with Crippen molar-refractivity contribution in [3.8, 4) is 11.1 Å². The Bertz CT molecular complexity index is 1650. The van der Waals surface area contributed by atoms with Crippen molar-refractivity contribution in [3.05, 3.63) is 131 Å². The van der Waals surface area contributed by atoms with E-state index in [1.54, 1.807) is 4.90 Å². The van der Waals surface area contributed by atoms with Gasteiger partial charge in [-0.1, -0.05) is 103 Å². The Morgan fingerprint density at radius 2 is 1.41 bits per heavy atom. The average Bonchev–Trinajstić information content (AvgIpc) is 3.60. The van der Waals surface area contributed by atoms with E-state index in [0.717, 1.165) is 35.1 Å². The Morgan fingerprint density at radius 1 is 0.805 bits per heavy atom. The molecule has 2 fully saturated rings. The second-order valence-corrected chi connectivity index (χ2v) is 12.1. The van der Waals surface area contributed by atoms with Crippen LogP contribution in [0.3, 0.4) is 0 Å². The third-order valence-corrected chi connectivity index (χ3v) is 10.6. The number of carboxylic acid groups (broad SMARTS) is 1. The van der Waals surface area contributed by atoms with Gasteiger partial charge in [-0.15, -0.1) is 0 Å². The zero-order chi connectivity index (χ0) is 27.8. The molecule has 4 aliphatic carbocycles. The van der Waals surface area contributed by atoms with E-state index >= 15 is 0 Å². The molecule has 1 heterocycles. The van der Waals surface area contributed by atoms with Crippen LogP contribution in [0.15, 0.2) is 103 Å². The lowest BCUT2D eigenvalue weighted by molar-refractivity contribution is -0.157. The third-order valence-electron chi connectivity index (χ3n) is 10.6. The SMILES string of the molecule is O=C(OCC1c2ccccc2-c2ccccc21)N1C[C@@H]2[C@@]3(c4ccccc4)CC[C@H](c4ccccc43)[C@]2(C(=O)O)C1. The smallest absolute Gasteiger partial charge is 0.409 e. The molecule has 0 radical (unpaired) electrons. The number of fused-ring (bicyclic) bond motifs is 4. The van der Waals surface area contributed by atoms with Crippen LogP contribution in [-0.2, 0) is 14.9 Å². The number of hydrogen-bond donors (Lipinski definition) is 1. The Balaban J connectivity index is 1.15. The number of nitrogens with zero attached hydrogens (tertiary/aromatic N) is 1. The van der Waals surface area contributed by atoms with Crippen LogP contribution >= 0.6 is 0 Å². The predicted octanol–water partition coefficient (Wildman–Crippen LogP) is 6.82. The van der Waals surface area contributed by atoms with Gasteiger partial charge in [0.1, 0.15) is 6.61 Å². The Morgan fingerprint density at radius 3 is 2.10 bits per heavy atom. The van der Waals surface area contributed by atoms with E-state index in [1.165, 1.54) is 16.7 Å². The van der Waals surface area contributed by atoms with E-state index in [-0.39, 0.29) is 30.9 Å². The number of likely N-dealkylation sites (tertiary alicyclic amines) is 1. The van der Waals surface area contributed by atoms with Gasteiger partial charge in [-0.25, -0.2) is 4.79 Å². The molecule has 0 unspecified atom stereocenters. The van der Waals surface area contributed by atoms with Gasteiger partial charge in [0.05, 0.1) is 5.41 Å². The normalized spacial score (nSPS) is 27.1. The molecule has 4 atom stereocenters. The molecule has 204 valence electrons. The number of carboxylic acids is 1. The number of benzene rings is 4. The van der Waals surface area contributed by atoms with Crippen molar-refractivity contribution < 1.29 is 19.4 Å². The van der Waals surface area contributed by atoms with Gasteiger partial charge in [0.25, 0.3) is 0 Å². The largest absolute Gasteiger partial charge is 0.481 e. The number of ether oxygens (including phenoxy) is 1. The number of hydrogen-bond acceptors (Lipinski definition) is 3. The van der Waals surface area contributed by atoms with Gasteiger partial charge in [-0.3, -0.25) is 4.79 Å². The molecule has 0 spiro atoms. The summed E-state index contributed by atoms with van der Waals surface area (Å²) in [5.41, 5.74) is 6.63. The van der Waals surface area contributed by atoms with Crippen LogP contribution in [-0.4, -0.2) is 41.8 Å². The Labute approximate surface area is 239 Å². The third kappa shape index (κ3) is 3.17. The lowest BCUT2D eigenvalue weighted by Crippen LogP contribution is -2.60. The number of amides is 1. The molecule has 1 saturated heterocycles. The fourth-order valence-electron chi connectivity index (χ4n) is 9.02. The van der Waals surface area contributed by atoms with Crippen molar-refractivity contribution in [2.24, 2.45) is 11.3 Å². The summed E-state index contributed by atoms with van der Waals surface area (Å²) < 4.78 is 6.06. The van der Waals surface area contributed by atoms with E-state index in [0.29, 0.717) is 6.54 Å². The van der Waals surface area contributed by atoms with Crippen molar-refractivity contribution in [1.82, 2.24) is 4.90 Å². The van der Waals surface area contributed by atoms with E-state index in [4.69, 9.17) is 4.74 Å². The lowest BCUT2D eigenvalue weighted by atomic mass is 9.42. The monoisotopic (exact) mass is 541 g/mol. The predicted molar refractivity (Wildman–Crippen MR) is 156 cm³/mol. The molecule has 5 heteroatoms. The summed E-state index contributed by atoms with van der Waals surface area (Å²) in [6, 6.07) is 35.3. The van der Waals surface area contributed by atoms with Gasteiger partial charge >= 0.3 is 12.1 Å². The number of aliphatic carboxylic acids is 1. The Hall–Kier alpha value is -4.38. The molecule has 5 nitrogen and oxygen atoms in total. The second kappa shape index (κ2) is 8.81. The molecule has 0 aromatic heterocycles. The first-order chi connectivity index (χ1) is 20.1. The molecule has 2 bridgehead atoms. The summed E-state index contributed by atoms with van der Waals surface area (Å²) in [5, 5.41) is 10.9. The topological polar surface area (TPSA) is 66.8 Å². The van der Waals surface area contributed by atoms with Crippen LogP contribution in [0.1, 0.15) is 52.5 Å². The molecule has 5 aliphatic rings. The molecule has 4 aromatic carbocycles. The quantitative estimate of drug-likeness (QED) is 0.308. The van der Waals surface area contributed by atoms with Crippen molar-refractivity contribution in [2.45, 2.75) is 30.1 Å². The summed E-state index contributed by atoms with van der Waals surface area (Å²) in [4.78, 5) is 28.8. The lowest BCUT2D eigenvalue weighted by Gasteiger charge is -2.59. The standard InChI is InChI=1S/C36H31NO4/c38-33(39)36-22-37(34(40)41-21-29-26-14-6-4-12-24(26)25-13-5-7-15-27(25)29)20-32(36)35(23-10-2-1-3-11-23)19-18-31(36)28-16-8-9-17-30(28)35/h1-17,29,31-32H,18-22H2,(H,38,39)/t31-,32-,35-,36-/m1/s1. The van der Waals surface area contributed by atoms with Gasteiger partial charge in [0, 0.05) is 36.3 Å². The number of carbonyl (C=O) groups excluding carboxylic acids is 1. The highest BCUT2D eigenvalue weighted by Crippen LogP contribution is 2.69. The van der Waals surface area contributed by atoms with Crippen molar-refractivity contribution in [3.63, 3.8) is 0 Å². The van der Waals surface area contributed by atoms with Crippen LogP contribution in [0.5, 0.6) is 0 Å². The van der Waals surface area contributed by atoms with E-state index in [2.05, 4.69) is 54.6 Å². The average molecular weight is 542 g/mol. The molecule has 1 saturated carbocycles. The first-order valence-electron chi connectivity index (χ1n) is 14.5. The van der Waals surface area contributed by atoms with Crippen molar-refractivity contribution in [2.75, 3.05) is 19.7 Å². The maximum absolute atomic E-state index is 13.8. The molecular weight excluding hydrogens is 510 g/mol. The van der Waals surface area contributed by atoms with Gasteiger partial charge < -0.3 is 14.7 Å². The second-order valence-electron chi connectivity index (χ2n) is 12.1. The summed E-state index contributed by atoms with van der Waals surface area (Å²) in [6.07, 6.45) is 1.23. The molecule has 41 heavy (non-hydrogen) atoms. The summed E-state index contributed by atoms with van der Waals surface area (Å²) >= 11 is 0. The Kier molecular flexibility index (Phi) is 5.25. The fraction of sp³-hybridized carbons (Fsp3) is 0.278. The molecule has 1 amide bonds. The van der Waals surface area contributed by atoms with Gasteiger partial charge in [0.2, 0.25) is 0 Å². The van der Waals surface area contributed by atoms with Crippen molar-refractivity contribution in [1.29, 1.82) is 0 Å². The first-order valence-corrected chi connectivity index (χ1v) is 14.5. The van der Waals surface area contributed by atoms with E-state index in [1.807, 2.05) is 48.5 Å². The van der Waals surface area contributed by atoms with E-state index < -0.39 is 22.9 Å². The minimum Gasteiger partial charge on any atom is -0.481 e. The summed E-state index contributed by atoms with van der Waals surface area (Å²) in [6.45, 7) is 0.752. The highest BCUT2D eigenvalue weighted by Gasteiger charge is 2.71. The van der Waals surface area contributed by atoms with Crippen LogP contribution in [0.2, 0.25) is 0 Å². The zero-order valence-electron chi connectivity index (χ0n) is 22.7. The minimum atomic E-state index is -1.06. The zero-order valence-corrected chi connectivity index (χ0v) is 22.7. The summed E-state index contributed by atoms with van der Waals surface area (Å²) in [5.74, 6) is -1.24. The highest BCUT2D eigenvalue weighted by molar-refractivity contribution is 5.83. The molecule has 4 aromatic rings. The van der Waals surface area contributed by atoms with Crippen LogP contribution in [0.4, 0.5) is 4.79 Å². The van der Waals surface area contributed by atoms with Gasteiger partial charge in [-0.2, -0.15) is 0 Å². The van der Waals surface area contributed by atoms with Gasteiger partial charge in [0.15, 0.2) is 0 Å². The molecule has 9 rings (SSSR count). The van der Waals surface area contributed by atoms with Crippen molar-refractivity contribution >= 4 is 12.1 Å². The first kappa shape index (κ1) is 24.4. The minimum absolute atomic E-state index is 0.0410. The maximum Gasteiger partial charge on any atom is 0.409 e. The van der Waals surface area contributed by atoms with Crippen LogP contribution < -0.4 is 0 Å².